The third kappa shape index (κ3) is 3.96. The van der Waals surface area contributed by atoms with E-state index in [4.69, 9.17) is 22.9 Å². The number of nitrogens with one attached hydrogen (secondary N) is 2. The fourth-order valence-electron chi connectivity index (χ4n) is 2.66. The first-order valence-corrected chi connectivity index (χ1v) is 8.37. The zero-order chi connectivity index (χ0) is 20.3. The van der Waals surface area contributed by atoms with Crippen molar-refractivity contribution in [2.75, 3.05) is 33.6 Å². The Kier molecular flexibility index (Phi) is 5.03. The lowest BCUT2D eigenvalue weighted by molar-refractivity contribution is 0.101. The van der Waals surface area contributed by atoms with Crippen molar-refractivity contribution in [3.8, 4) is 0 Å². The van der Waals surface area contributed by atoms with Gasteiger partial charge in [0.15, 0.2) is 0 Å². The number of benzene rings is 3. The SMILES string of the molecule is Nc1ccc(C(=O)Nc2ccccc2NC(=O)c2ccc(N)cc2N)c(N)c1. The molecule has 0 aliphatic rings. The molecule has 8 heteroatoms. The minimum Gasteiger partial charge on any atom is -0.399 e. The van der Waals surface area contributed by atoms with Crippen molar-refractivity contribution in [3.05, 3.63) is 71.8 Å². The summed E-state index contributed by atoms with van der Waals surface area (Å²) in [5.74, 6) is -0.850. The van der Waals surface area contributed by atoms with Gasteiger partial charge in [-0.25, -0.2) is 0 Å². The lowest BCUT2D eigenvalue weighted by Gasteiger charge is -2.14. The van der Waals surface area contributed by atoms with Crippen molar-refractivity contribution < 1.29 is 9.59 Å². The number of para-hydroxylation sites is 2. The molecule has 0 heterocycles. The zero-order valence-electron chi connectivity index (χ0n) is 14.9. The second kappa shape index (κ2) is 7.58. The monoisotopic (exact) mass is 376 g/mol. The molecule has 0 unspecified atom stereocenters. The first-order valence-electron chi connectivity index (χ1n) is 8.37. The van der Waals surface area contributed by atoms with Crippen LogP contribution >= 0.6 is 0 Å². The summed E-state index contributed by atoms with van der Waals surface area (Å²) in [6.07, 6.45) is 0. The highest BCUT2D eigenvalue weighted by atomic mass is 16.2. The molecule has 2 amide bonds. The standard InChI is InChI=1S/C20H20N6O2/c21-11-5-7-13(15(23)9-11)19(27)25-17-3-1-2-4-18(17)26-20(28)14-8-6-12(22)10-16(14)24/h1-10H,21-24H2,(H,25,27)(H,26,28). The highest BCUT2D eigenvalue weighted by Gasteiger charge is 2.15. The Hall–Kier alpha value is -4.20. The van der Waals surface area contributed by atoms with E-state index in [9.17, 15) is 9.59 Å². The van der Waals surface area contributed by atoms with E-state index in [1.54, 1.807) is 36.4 Å². The van der Waals surface area contributed by atoms with E-state index in [1.807, 2.05) is 0 Å². The number of nitrogens with two attached hydrogens (primary N) is 4. The zero-order valence-corrected chi connectivity index (χ0v) is 14.9. The highest BCUT2D eigenvalue weighted by molar-refractivity contribution is 6.13. The predicted octanol–water partition coefficient (Wildman–Crippen LogP) is 2.52. The molecule has 0 saturated heterocycles. The minimum atomic E-state index is -0.425. The summed E-state index contributed by atoms with van der Waals surface area (Å²) in [4.78, 5) is 25.1. The first kappa shape index (κ1) is 18.6. The minimum absolute atomic E-state index is 0.258. The van der Waals surface area contributed by atoms with Crippen molar-refractivity contribution in [1.29, 1.82) is 0 Å². The molecule has 0 spiro atoms. The van der Waals surface area contributed by atoms with Crippen molar-refractivity contribution in [2.45, 2.75) is 0 Å². The van der Waals surface area contributed by atoms with Crippen LogP contribution in [0.5, 0.6) is 0 Å². The number of hydrogen-bond acceptors (Lipinski definition) is 6. The van der Waals surface area contributed by atoms with E-state index in [-0.39, 0.29) is 22.5 Å². The summed E-state index contributed by atoms with van der Waals surface area (Å²) in [7, 11) is 0. The van der Waals surface area contributed by atoms with Crippen LogP contribution in [0.25, 0.3) is 0 Å². The van der Waals surface area contributed by atoms with Gasteiger partial charge in [0.25, 0.3) is 11.8 Å². The van der Waals surface area contributed by atoms with Crippen LogP contribution in [0.3, 0.4) is 0 Å². The number of carbonyl (C=O) groups excluding carboxylic acids is 2. The molecule has 0 fully saturated rings. The summed E-state index contributed by atoms with van der Waals surface area (Å²) in [6.45, 7) is 0. The number of rotatable bonds is 4. The second-order valence-corrected chi connectivity index (χ2v) is 6.15. The van der Waals surface area contributed by atoms with Crippen molar-refractivity contribution >= 4 is 45.9 Å². The first-order chi connectivity index (χ1) is 13.3. The largest absolute Gasteiger partial charge is 0.399 e. The van der Waals surface area contributed by atoms with E-state index in [1.165, 1.54) is 24.3 Å². The molecule has 0 aliphatic heterocycles. The van der Waals surface area contributed by atoms with Crippen LogP contribution in [-0.2, 0) is 0 Å². The Labute approximate surface area is 161 Å². The fraction of sp³-hybridized carbons (Fsp3) is 0. The van der Waals surface area contributed by atoms with E-state index < -0.39 is 11.8 Å². The smallest absolute Gasteiger partial charge is 0.257 e. The van der Waals surface area contributed by atoms with Gasteiger partial charge in [0.1, 0.15) is 0 Å². The van der Waals surface area contributed by atoms with Crippen LogP contribution in [0.2, 0.25) is 0 Å². The number of anilines is 6. The normalized spacial score (nSPS) is 10.3. The molecule has 142 valence electrons. The van der Waals surface area contributed by atoms with Gasteiger partial charge in [-0.1, -0.05) is 12.1 Å². The van der Waals surface area contributed by atoms with E-state index in [0.29, 0.717) is 22.7 Å². The average molecular weight is 376 g/mol. The molecule has 0 aliphatic carbocycles. The van der Waals surface area contributed by atoms with E-state index in [0.717, 1.165) is 0 Å². The average Bonchev–Trinajstić information content (AvgIpc) is 2.63. The molecule has 0 bridgehead atoms. The van der Waals surface area contributed by atoms with Gasteiger partial charge in [-0.3, -0.25) is 9.59 Å². The Morgan fingerprint density at radius 2 is 1.00 bits per heavy atom. The summed E-state index contributed by atoms with van der Waals surface area (Å²) >= 11 is 0. The predicted molar refractivity (Wildman–Crippen MR) is 113 cm³/mol. The maximum atomic E-state index is 12.6. The Bertz CT molecular complexity index is 980. The highest BCUT2D eigenvalue weighted by Crippen LogP contribution is 2.25. The molecule has 3 aromatic rings. The maximum absolute atomic E-state index is 12.6. The summed E-state index contributed by atoms with van der Waals surface area (Å²) in [6, 6.07) is 16.0. The lowest BCUT2D eigenvalue weighted by atomic mass is 10.1. The molecular weight excluding hydrogens is 356 g/mol. The molecule has 0 atom stereocenters. The van der Waals surface area contributed by atoms with Gasteiger partial charge in [-0.2, -0.15) is 0 Å². The third-order valence-corrected chi connectivity index (χ3v) is 4.06. The van der Waals surface area contributed by atoms with Crippen molar-refractivity contribution in [3.63, 3.8) is 0 Å². The van der Waals surface area contributed by atoms with Gasteiger partial charge in [0.2, 0.25) is 0 Å². The van der Waals surface area contributed by atoms with E-state index in [2.05, 4.69) is 10.6 Å². The van der Waals surface area contributed by atoms with Gasteiger partial charge in [-0.15, -0.1) is 0 Å². The second-order valence-electron chi connectivity index (χ2n) is 6.15. The van der Waals surface area contributed by atoms with Crippen LogP contribution in [0.4, 0.5) is 34.1 Å². The molecule has 28 heavy (non-hydrogen) atoms. The van der Waals surface area contributed by atoms with Crippen LogP contribution in [0.15, 0.2) is 60.7 Å². The molecule has 0 radical (unpaired) electrons. The summed E-state index contributed by atoms with van der Waals surface area (Å²) in [5.41, 5.74) is 25.9. The van der Waals surface area contributed by atoms with Crippen molar-refractivity contribution in [2.24, 2.45) is 0 Å². The number of carbonyl (C=O) groups is 2. The van der Waals surface area contributed by atoms with Gasteiger partial charge in [0, 0.05) is 22.7 Å². The molecular formula is C20H20N6O2. The van der Waals surface area contributed by atoms with Gasteiger partial charge in [-0.05, 0) is 48.5 Å². The molecule has 3 rings (SSSR count). The topological polar surface area (TPSA) is 162 Å². The number of amides is 2. The fourth-order valence-corrected chi connectivity index (χ4v) is 2.66. The van der Waals surface area contributed by atoms with Crippen LogP contribution in [-0.4, -0.2) is 11.8 Å². The Morgan fingerprint density at radius 1 is 0.607 bits per heavy atom. The van der Waals surface area contributed by atoms with Gasteiger partial charge in [0.05, 0.1) is 22.5 Å². The van der Waals surface area contributed by atoms with Crippen molar-refractivity contribution in [1.82, 2.24) is 0 Å². The Morgan fingerprint density at radius 3 is 1.36 bits per heavy atom. The van der Waals surface area contributed by atoms with Gasteiger partial charge < -0.3 is 33.6 Å². The third-order valence-electron chi connectivity index (χ3n) is 4.06. The van der Waals surface area contributed by atoms with E-state index >= 15 is 0 Å². The molecule has 0 aromatic heterocycles. The number of nitrogen functional groups attached to an aromatic ring is 4. The Balaban J connectivity index is 1.83. The molecule has 8 nitrogen and oxygen atoms in total. The molecule has 10 N–H and O–H groups in total. The summed E-state index contributed by atoms with van der Waals surface area (Å²) < 4.78 is 0. The molecule has 0 saturated carbocycles. The molecule has 3 aromatic carbocycles. The number of hydrogen-bond donors (Lipinski definition) is 6. The maximum Gasteiger partial charge on any atom is 0.257 e. The lowest BCUT2D eigenvalue weighted by Crippen LogP contribution is -2.18. The van der Waals surface area contributed by atoms with Crippen LogP contribution in [0.1, 0.15) is 20.7 Å². The van der Waals surface area contributed by atoms with Crippen LogP contribution in [0, 0.1) is 0 Å². The summed E-state index contributed by atoms with van der Waals surface area (Å²) in [5, 5.41) is 5.48. The van der Waals surface area contributed by atoms with Gasteiger partial charge >= 0.3 is 0 Å². The quantitative estimate of drug-likeness (QED) is 0.383. The van der Waals surface area contributed by atoms with Crippen LogP contribution < -0.4 is 33.6 Å².